The van der Waals surface area contributed by atoms with E-state index in [9.17, 15) is 4.79 Å². The van der Waals surface area contributed by atoms with Crippen LogP contribution in [0.4, 0.5) is 4.79 Å². The van der Waals surface area contributed by atoms with Crippen molar-refractivity contribution in [2.75, 3.05) is 13.1 Å². The fourth-order valence-corrected chi connectivity index (χ4v) is 2.60. The molecular weight excluding hydrogens is 304 g/mol. The predicted molar refractivity (Wildman–Crippen MR) is 81.7 cm³/mol. The number of carbonyl (C=O) groups is 1. The van der Waals surface area contributed by atoms with Gasteiger partial charge in [0.2, 0.25) is 0 Å². The number of urea groups is 1. The summed E-state index contributed by atoms with van der Waals surface area (Å²) in [6.45, 7) is 1.74. The van der Waals surface area contributed by atoms with Crippen molar-refractivity contribution in [3.63, 3.8) is 0 Å². The van der Waals surface area contributed by atoms with Gasteiger partial charge in [-0.05, 0) is 30.5 Å². The third kappa shape index (κ3) is 4.39. The Morgan fingerprint density at radius 2 is 1.84 bits per heavy atom. The summed E-state index contributed by atoms with van der Waals surface area (Å²) in [6.07, 6.45) is 8.31. The number of benzene rings is 1. The van der Waals surface area contributed by atoms with Crippen LogP contribution in [0, 0.1) is 0 Å². The van der Waals surface area contributed by atoms with Crippen molar-refractivity contribution in [1.29, 1.82) is 0 Å². The first-order chi connectivity index (χ1) is 9.27. The van der Waals surface area contributed by atoms with E-state index in [0.717, 1.165) is 36.0 Å². The van der Waals surface area contributed by atoms with Crippen molar-refractivity contribution < 1.29 is 4.79 Å². The molecule has 1 saturated heterocycles. The Morgan fingerprint density at radius 1 is 1.16 bits per heavy atom. The summed E-state index contributed by atoms with van der Waals surface area (Å²) in [4.78, 5) is 13.9. The third-order valence-electron chi connectivity index (χ3n) is 3.27. The van der Waals surface area contributed by atoms with Gasteiger partial charge in [0, 0.05) is 23.8 Å². The molecule has 4 heteroatoms. The van der Waals surface area contributed by atoms with Crippen LogP contribution < -0.4 is 5.32 Å². The van der Waals surface area contributed by atoms with E-state index in [4.69, 9.17) is 0 Å². The minimum Gasteiger partial charge on any atom is -0.325 e. The van der Waals surface area contributed by atoms with Crippen LogP contribution in [-0.2, 0) is 0 Å². The van der Waals surface area contributed by atoms with Crippen LogP contribution in [0.1, 0.15) is 31.2 Å². The van der Waals surface area contributed by atoms with Gasteiger partial charge in [-0.15, -0.1) is 0 Å². The van der Waals surface area contributed by atoms with Crippen molar-refractivity contribution >= 4 is 28.0 Å². The molecule has 1 aliphatic rings. The van der Waals surface area contributed by atoms with E-state index in [1.807, 2.05) is 35.2 Å². The highest BCUT2D eigenvalue weighted by atomic mass is 79.9. The number of amides is 2. The first kappa shape index (κ1) is 14.1. The molecule has 0 atom stereocenters. The summed E-state index contributed by atoms with van der Waals surface area (Å²) < 4.78 is 1.02. The Kier molecular flexibility index (Phi) is 5.45. The monoisotopic (exact) mass is 322 g/mol. The topological polar surface area (TPSA) is 32.3 Å². The highest BCUT2D eigenvalue weighted by Crippen LogP contribution is 2.16. The summed E-state index contributed by atoms with van der Waals surface area (Å²) in [5.41, 5.74) is 1.05. The summed E-state index contributed by atoms with van der Waals surface area (Å²) in [5, 5.41) is 2.84. The van der Waals surface area contributed by atoms with Gasteiger partial charge in [0.15, 0.2) is 0 Å². The molecule has 0 unspecified atom stereocenters. The van der Waals surface area contributed by atoms with E-state index >= 15 is 0 Å². The zero-order valence-electron chi connectivity index (χ0n) is 10.9. The number of carbonyl (C=O) groups excluding carboxylic acids is 1. The maximum atomic E-state index is 12.0. The maximum absolute atomic E-state index is 12.0. The highest BCUT2D eigenvalue weighted by Gasteiger charge is 2.13. The molecule has 0 saturated carbocycles. The first-order valence-electron chi connectivity index (χ1n) is 6.74. The van der Waals surface area contributed by atoms with E-state index in [1.165, 1.54) is 12.8 Å². The normalized spacial score (nSPS) is 16.4. The minimum atomic E-state index is 0.00482. The molecular formula is C15H19BrN2O. The van der Waals surface area contributed by atoms with Crippen molar-refractivity contribution in [1.82, 2.24) is 10.2 Å². The smallest absolute Gasteiger partial charge is 0.321 e. The van der Waals surface area contributed by atoms with Gasteiger partial charge >= 0.3 is 6.03 Å². The third-order valence-corrected chi connectivity index (χ3v) is 3.99. The molecule has 1 fully saturated rings. The van der Waals surface area contributed by atoms with Crippen LogP contribution >= 0.6 is 15.9 Å². The van der Waals surface area contributed by atoms with Gasteiger partial charge in [0.1, 0.15) is 0 Å². The van der Waals surface area contributed by atoms with Crippen molar-refractivity contribution in [3.8, 4) is 0 Å². The average Bonchev–Trinajstić information content (AvgIpc) is 2.70. The Balaban J connectivity index is 1.87. The lowest BCUT2D eigenvalue weighted by molar-refractivity contribution is 0.203. The Hall–Kier alpha value is -1.29. The Labute approximate surface area is 122 Å². The van der Waals surface area contributed by atoms with Crippen molar-refractivity contribution in [2.45, 2.75) is 25.7 Å². The molecule has 1 heterocycles. The molecule has 1 aliphatic heterocycles. The number of nitrogens with one attached hydrogen (secondary N) is 1. The fraction of sp³-hybridized carbons (Fsp3) is 0.400. The number of hydrogen-bond acceptors (Lipinski definition) is 1. The molecule has 1 aromatic carbocycles. The van der Waals surface area contributed by atoms with E-state index < -0.39 is 0 Å². The van der Waals surface area contributed by atoms with Gasteiger partial charge in [-0.2, -0.15) is 0 Å². The minimum absolute atomic E-state index is 0.00482. The van der Waals surface area contributed by atoms with Gasteiger partial charge in [0.05, 0.1) is 0 Å². The number of rotatable bonds is 2. The van der Waals surface area contributed by atoms with Gasteiger partial charge in [-0.1, -0.05) is 47.0 Å². The second kappa shape index (κ2) is 7.34. The zero-order valence-corrected chi connectivity index (χ0v) is 12.5. The first-order valence-corrected chi connectivity index (χ1v) is 7.53. The molecule has 2 amide bonds. The summed E-state index contributed by atoms with van der Waals surface area (Å²) >= 11 is 3.48. The van der Waals surface area contributed by atoms with Gasteiger partial charge < -0.3 is 10.2 Å². The molecule has 0 radical (unpaired) electrons. The maximum Gasteiger partial charge on any atom is 0.321 e. The zero-order chi connectivity index (χ0) is 13.5. The van der Waals surface area contributed by atoms with Crippen LogP contribution in [0.2, 0.25) is 0 Å². The van der Waals surface area contributed by atoms with E-state index in [-0.39, 0.29) is 6.03 Å². The lowest BCUT2D eigenvalue weighted by Crippen LogP contribution is -2.38. The largest absolute Gasteiger partial charge is 0.325 e. The van der Waals surface area contributed by atoms with E-state index in [0.29, 0.717) is 0 Å². The highest BCUT2D eigenvalue weighted by molar-refractivity contribution is 9.10. The molecule has 1 N–H and O–H groups in total. The molecule has 102 valence electrons. The second-order valence-corrected chi connectivity index (χ2v) is 5.56. The quantitative estimate of drug-likeness (QED) is 0.876. The molecule has 0 bridgehead atoms. The van der Waals surface area contributed by atoms with Crippen molar-refractivity contribution in [3.05, 3.63) is 40.5 Å². The average molecular weight is 323 g/mol. The molecule has 0 aliphatic carbocycles. The van der Waals surface area contributed by atoms with Crippen LogP contribution in [0.15, 0.2) is 34.9 Å². The summed E-state index contributed by atoms with van der Waals surface area (Å²) in [5.74, 6) is 0. The lowest BCUT2D eigenvalue weighted by atomic mass is 10.2. The van der Waals surface area contributed by atoms with Gasteiger partial charge in [0.25, 0.3) is 0 Å². The van der Waals surface area contributed by atoms with E-state index in [2.05, 4.69) is 21.2 Å². The number of hydrogen-bond donors (Lipinski definition) is 1. The second-order valence-electron chi connectivity index (χ2n) is 4.71. The molecule has 2 rings (SSSR count). The summed E-state index contributed by atoms with van der Waals surface area (Å²) in [7, 11) is 0. The molecule has 19 heavy (non-hydrogen) atoms. The Bertz CT molecular complexity index is 451. The molecule has 1 aromatic rings. The van der Waals surface area contributed by atoms with Gasteiger partial charge in [-0.25, -0.2) is 4.79 Å². The van der Waals surface area contributed by atoms with E-state index in [1.54, 1.807) is 6.20 Å². The van der Waals surface area contributed by atoms with Crippen molar-refractivity contribution in [2.24, 2.45) is 0 Å². The molecule has 0 spiro atoms. The molecule has 0 aromatic heterocycles. The molecule has 3 nitrogen and oxygen atoms in total. The lowest BCUT2D eigenvalue weighted by Gasteiger charge is -2.19. The number of halogens is 1. The SMILES string of the molecule is O=C(N/C=C/c1ccccc1Br)N1CCCCCC1. The van der Waals surface area contributed by atoms with Crippen LogP contribution in [-0.4, -0.2) is 24.0 Å². The standard InChI is InChI=1S/C15H19BrN2O/c16-14-8-4-3-7-13(14)9-10-17-15(19)18-11-5-1-2-6-12-18/h3-4,7-10H,1-2,5-6,11-12H2,(H,17,19)/b10-9+. The fourth-order valence-electron chi connectivity index (χ4n) is 2.18. The summed E-state index contributed by atoms with van der Waals surface area (Å²) in [6, 6.07) is 7.93. The Morgan fingerprint density at radius 3 is 2.53 bits per heavy atom. The van der Waals surface area contributed by atoms with Crippen LogP contribution in [0.5, 0.6) is 0 Å². The predicted octanol–water partition coefficient (Wildman–Crippen LogP) is 4.01. The van der Waals surface area contributed by atoms with Crippen LogP contribution in [0.25, 0.3) is 6.08 Å². The van der Waals surface area contributed by atoms with Gasteiger partial charge in [-0.3, -0.25) is 0 Å². The number of nitrogens with zero attached hydrogens (tertiary/aromatic N) is 1. The number of likely N-dealkylation sites (tertiary alicyclic amines) is 1. The van der Waals surface area contributed by atoms with Crippen LogP contribution in [0.3, 0.4) is 0 Å².